The highest BCUT2D eigenvalue weighted by atomic mass is 35.5. The molecule has 0 fully saturated rings. The highest BCUT2D eigenvalue weighted by Gasteiger charge is 2.15. The van der Waals surface area contributed by atoms with E-state index in [0.29, 0.717) is 27.7 Å². The summed E-state index contributed by atoms with van der Waals surface area (Å²) in [4.78, 5) is 21.1. The van der Waals surface area contributed by atoms with Gasteiger partial charge in [-0.3, -0.25) is 4.79 Å². The number of aryl methyl sites for hydroxylation is 2. The average molecular weight is 415 g/mol. The Morgan fingerprint density at radius 2 is 1.89 bits per heavy atom. The predicted octanol–water partition coefficient (Wildman–Crippen LogP) is 6.17. The van der Waals surface area contributed by atoms with E-state index in [9.17, 15) is 4.79 Å². The molecule has 2 aromatic carbocycles. The molecule has 0 aliphatic heterocycles. The van der Waals surface area contributed by atoms with Crippen LogP contribution >= 0.6 is 34.5 Å². The summed E-state index contributed by atoms with van der Waals surface area (Å²) < 4.78 is 0. The normalized spacial score (nSPS) is 11.3. The number of fused-ring (bicyclic) bond motifs is 1. The van der Waals surface area contributed by atoms with Crippen molar-refractivity contribution in [3.8, 4) is 11.1 Å². The Morgan fingerprint density at radius 3 is 2.63 bits per heavy atom. The molecular weight excluding hydrogens is 399 g/mol. The van der Waals surface area contributed by atoms with Crippen LogP contribution in [0.4, 0.5) is 0 Å². The lowest BCUT2D eigenvalue weighted by Crippen LogP contribution is -2.12. The quantitative estimate of drug-likeness (QED) is 0.435. The molecule has 1 N–H and O–H groups in total. The molecule has 0 aliphatic carbocycles. The number of nitrogens with one attached hydrogen (secondary N) is 1. The number of rotatable bonds is 3. The van der Waals surface area contributed by atoms with Crippen LogP contribution in [0.15, 0.2) is 46.6 Å². The molecule has 0 spiro atoms. The van der Waals surface area contributed by atoms with E-state index in [0.717, 1.165) is 27.1 Å². The van der Waals surface area contributed by atoms with Crippen LogP contribution in [0.1, 0.15) is 22.5 Å². The topological polar surface area (TPSA) is 45.8 Å². The van der Waals surface area contributed by atoms with Crippen molar-refractivity contribution in [1.29, 1.82) is 0 Å². The van der Waals surface area contributed by atoms with E-state index in [1.165, 1.54) is 16.9 Å². The number of hydrogen-bond acceptors (Lipinski definition) is 3. The van der Waals surface area contributed by atoms with Gasteiger partial charge in [-0.1, -0.05) is 53.0 Å². The molecule has 136 valence electrons. The van der Waals surface area contributed by atoms with Gasteiger partial charge >= 0.3 is 0 Å². The first-order valence-electron chi connectivity index (χ1n) is 8.44. The third-order valence-corrected chi connectivity index (χ3v) is 6.00. The van der Waals surface area contributed by atoms with Gasteiger partial charge in [0.15, 0.2) is 0 Å². The maximum absolute atomic E-state index is 12.8. The molecule has 0 radical (unpaired) electrons. The summed E-state index contributed by atoms with van der Waals surface area (Å²) in [6.45, 7) is 4.12. The van der Waals surface area contributed by atoms with Gasteiger partial charge in [0.1, 0.15) is 10.7 Å². The molecule has 2 aromatic heterocycles. The number of benzene rings is 2. The molecule has 0 bridgehead atoms. The number of halogens is 2. The Kier molecular flexibility index (Phi) is 4.81. The van der Waals surface area contributed by atoms with Crippen LogP contribution in [-0.2, 0) is 6.42 Å². The molecule has 2 heterocycles. The van der Waals surface area contributed by atoms with Crippen LogP contribution in [0.2, 0.25) is 10.0 Å². The summed E-state index contributed by atoms with van der Waals surface area (Å²) in [5, 5.41) is 3.78. The summed E-state index contributed by atoms with van der Waals surface area (Å²) in [5.74, 6) is 0.589. The fraction of sp³-hybridized carbons (Fsp3) is 0.143. The zero-order valence-electron chi connectivity index (χ0n) is 14.8. The van der Waals surface area contributed by atoms with Gasteiger partial charge in [0.05, 0.1) is 5.39 Å². The zero-order valence-corrected chi connectivity index (χ0v) is 17.1. The van der Waals surface area contributed by atoms with Crippen LogP contribution in [0, 0.1) is 13.8 Å². The lowest BCUT2D eigenvalue weighted by atomic mass is 9.99. The van der Waals surface area contributed by atoms with Crippen LogP contribution in [-0.4, -0.2) is 9.97 Å². The molecule has 0 aliphatic rings. The minimum absolute atomic E-state index is 0.128. The monoisotopic (exact) mass is 414 g/mol. The largest absolute Gasteiger partial charge is 0.310 e. The maximum atomic E-state index is 12.8. The lowest BCUT2D eigenvalue weighted by molar-refractivity contribution is 0.977. The van der Waals surface area contributed by atoms with Crippen LogP contribution in [0.5, 0.6) is 0 Å². The van der Waals surface area contributed by atoms with Gasteiger partial charge in [0, 0.05) is 27.4 Å². The summed E-state index contributed by atoms with van der Waals surface area (Å²) in [6.07, 6.45) is 0.442. The van der Waals surface area contributed by atoms with Crippen molar-refractivity contribution < 1.29 is 0 Å². The molecule has 6 heteroatoms. The number of aromatic amines is 1. The molecular formula is C21H16Cl2N2OS. The summed E-state index contributed by atoms with van der Waals surface area (Å²) in [5.41, 5.74) is 5.08. The number of aromatic nitrogens is 2. The number of thiophene rings is 1. The standard InChI is InChI=1S/C21H16Cl2N2OS/c1-11-3-6-15(12(2)7-11)16-10-27-21-19(16)20(26)24-18(25-21)8-13-4-5-14(22)9-17(13)23/h3-7,9-10H,8H2,1-2H3,(H,24,25,26). The fourth-order valence-electron chi connectivity index (χ4n) is 3.24. The SMILES string of the molecule is Cc1ccc(-c2csc3nc(Cc4ccc(Cl)cc4Cl)[nH]c(=O)c23)c(C)c1. The highest BCUT2D eigenvalue weighted by molar-refractivity contribution is 7.17. The minimum atomic E-state index is -0.128. The van der Waals surface area contributed by atoms with Crippen molar-refractivity contribution in [2.45, 2.75) is 20.3 Å². The molecule has 0 saturated heterocycles. The van der Waals surface area contributed by atoms with Crippen molar-refractivity contribution in [2.75, 3.05) is 0 Å². The van der Waals surface area contributed by atoms with Crippen molar-refractivity contribution in [3.63, 3.8) is 0 Å². The summed E-state index contributed by atoms with van der Waals surface area (Å²) in [6, 6.07) is 11.6. The second-order valence-corrected chi connectivity index (χ2v) is 8.27. The molecule has 4 rings (SSSR count). The summed E-state index contributed by atoms with van der Waals surface area (Å²) >= 11 is 13.7. The second-order valence-electron chi connectivity index (χ2n) is 6.57. The zero-order chi connectivity index (χ0) is 19.1. The Bertz CT molecular complexity index is 1230. The van der Waals surface area contributed by atoms with E-state index in [2.05, 4.69) is 42.0 Å². The van der Waals surface area contributed by atoms with Crippen molar-refractivity contribution in [2.24, 2.45) is 0 Å². The van der Waals surface area contributed by atoms with Gasteiger partial charge in [-0.25, -0.2) is 4.98 Å². The second kappa shape index (κ2) is 7.12. The molecule has 0 unspecified atom stereocenters. The number of nitrogens with zero attached hydrogens (tertiary/aromatic N) is 1. The Morgan fingerprint density at radius 1 is 1.07 bits per heavy atom. The first-order valence-corrected chi connectivity index (χ1v) is 10.1. The van der Waals surface area contributed by atoms with Gasteiger partial charge in [0.25, 0.3) is 5.56 Å². The first kappa shape index (κ1) is 18.2. The Balaban J connectivity index is 1.79. The van der Waals surface area contributed by atoms with Gasteiger partial charge < -0.3 is 4.98 Å². The van der Waals surface area contributed by atoms with Crippen molar-refractivity contribution in [1.82, 2.24) is 9.97 Å². The molecule has 3 nitrogen and oxygen atoms in total. The number of H-pyrrole nitrogens is 1. The van der Waals surface area contributed by atoms with Gasteiger partial charge in [0.2, 0.25) is 0 Å². The van der Waals surface area contributed by atoms with E-state index < -0.39 is 0 Å². The van der Waals surface area contributed by atoms with Crippen LogP contribution in [0.25, 0.3) is 21.3 Å². The Hall–Kier alpha value is -2.14. The molecule has 0 amide bonds. The number of hydrogen-bond donors (Lipinski definition) is 1. The van der Waals surface area contributed by atoms with E-state index >= 15 is 0 Å². The van der Waals surface area contributed by atoms with E-state index in [1.807, 2.05) is 11.4 Å². The maximum Gasteiger partial charge on any atom is 0.260 e. The third-order valence-electron chi connectivity index (χ3n) is 4.54. The smallest absolute Gasteiger partial charge is 0.260 e. The van der Waals surface area contributed by atoms with Gasteiger partial charge in [-0.15, -0.1) is 11.3 Å². The molecule has 0 saturated carbocycles. The van der Waals surface area contributed by atoms with Gasteiger partial charge in [-0.05, 0) is 42.7 Å². The highest BCUT2D eigenvalue weighted by Crippen LogP contribution is 2.33. The van der Waals surface area contributed by atoms with Gasteiger partial charge in [-0.2, -0.15) is 0 Å². The van der Waals surface area contributed by atoms with Crippen molar-refractivity contribution >= 4 is 44.8 Å². The van der Waals surface area contributed by atoms with Crippen LogP contribution < -0.4 is 5.56 Å². The van der Waals surface area contributed by atoms with Crippen LogP contribution in [0.3, 0.4) is 0 Å². The lowest BCUT2D eigenvalue weighted by Gasteiger charge is -2.07. The van der Waals surface area contributed by atoms with E-state index in [1.54, 1.807) is 12.1 Å². The minimum Gasteiger partial charge on any atom is -0.310 e. The Labute approximate surface area is 170 Å². The molecule has 27 heavy (non-hydrogen) atoms. The predicted molar refractivity (Wildman–Crippen MR) is 114 cm³/mol. The van der Waals surface area contributed by atoms with E-state index in [4.69, 9.17) is 23.2 Å². The molecule has 4 aromatic rings. The fourth-order valence-corrected chi connectivity index (χ4v) is 4.67. The molecule has 0 atom stereocenters. The van der Waals surface area contributed by atoms with Crippen molar-refractivity contribution in [3.05, 3.63) is 84.7 Å². The third kappa shape index (κ3) is 3.53. The average Bonchev–Trinajstić information content (AvgIpc) is 3.02. The summed E-state index contributed by atoms with van der Waals surface area (Å²) in [7, 11) is 0. The van der Waals surface area contributed by atoms with E-state index in [-0.39, 0.29) is 5.56 Å². The first-order chi connectivity index (χ1) is 12.9.